The number of hydrogen-bond donors (Lipinski definition) is 1. The van der Waals surface area contributed by atoms with E-state index in [2.05, 4.69) is 18.3 Å². The van der Waals surface area contributed by atoms with Crippen LogP contribution in [-0.2, 0) is 0 Å². The smallest absolute Gasteiger partial charge is 0.138 e. The van der Waals surface area contributed by atoms with E-state index in [1.165, 1.54) is 32.1 Å². The van der Waals surface area contributed by atoms with E-state index in [-0.39, 0.29) is 6.10 Å². The van der Waals surface area contributed by atoms with E-state index in [1.807, 2.05) is 26.0 Å². The zero-order valence-electron chi connectivity index (χ0n) is 12.8. The van der Waals surface area contributed by atoms with Crippen molar-refractivity contribution < 1.29 is 4.74 Å². The first-order valence-corrected chi connectivity index (χ1v) is 8.15. The topological polar surface area (TPSA) is 21.3 Å². The van der Waals surface area contributed by atoms with E-state index >= 15 is 0 Å². The molecule has 112 valence electrons. The van der Waals surface area contributed by atoms with Gasteiger partial charge in [-0.25, -0.2) is 0 Å². The maximum absolute atomic E-state index is 6.28. The van der Waals surface area contributed by atoms with Gasteiger partial charge in [0.1, 0.15) is 5.75 Å². The lowest BCUT2D eigenvalue weighted by Crippen LogP contribution is -2.18. The van der Waals surface area contributed by atoms with Crippen LogP contribution in [0, 0.1) is 5.92 Å². The van der Waals surface area contributed by atoms with Crippen LogP contribution in [0.4, 0.5) is 5.69 Å². The summed E-state index contributed by atoms with van der Waals surface area (Å²) in [5, 5.41) is 4.31. The second-order valence-corrected chi connectivity index (χ2v) is 6.67. The van der Waals surface area contributed by atoms with Crippen molar-refractivity contribution in [1.29, 1.82) is 0 Å². The summed E-state index contributed by atoms with van der Waals surface area (Å²) in [4.78, 5) is 0. The number of ether oxygens (including phenoxy) is 1. The van der Waals surface area contributed by atoms with Gasteiger partial charge in [0.15, 0.2) is 0 Å². The number of anilines is 1. The van der Waals surface area contributed by atoms with E-state index in [0.717, 1.165) is 17.4 Å². The van der Waals surface area contributed by atoms with Crippen molar-refractivity contribution in [3.63, 3.8) is 0 Å². The third-order valence-electron chi connectivity index (χ3n) is 3.92. The summed E-state index contributed by atoms with van der Waals surface area (Å²) in [6.07, 6.45) is 6.66. The van der Waals surface area contributed by atoms with Gasteiger partial charge in [-0.15, -0.1) is 0 Å². The molecule has 3 heteroatoms. The SMILES string of the molecule is CC1CCCC(Nc2ccc(OC(C)C)c(Cl)c2)CC1. The van der Waals surface area contributed by atoms with Crippen LogP contribution in [0.25, 0.3) is 0 Å². The zero-order chi connectivity index (χ0) is 14.5. The monoisotopic (exact) mass is 295 g/mol. The van der Waals surface area contributed by atoms with Crippen molar-refractivity contribution in [2.24, 2.45) is 5.92 Å². The number of hydrogen-bond acceptors (Lipinski definition) is 2. The molecule has 0 aliphatic heterocycles. The highest BCUT2D eigenvalue weighted by Gasteiger charge is 2.16. The molecule has 2 unspecified atom stereocenters. The lowest BCUT2D eigenvalue weighted by molar-refractivity contribution is 0.242. The molecule has 2 rings (SSSR count). The third-order valence-corrected chi connectivity index (χ3v) is 4.22. The Morgan fingerprint density at radius 2 is 2.00 bits per heavy atom. The molecular formula is C17H26ClNO. The Morgan fingerprint density at radius 3 is 2.70 bits per heavy atom. The summed E-state index contributed by atoms with van der Waals surface area (Å²) >= 11 is 6.28. The maximum Gasteiger partial charge on any atom is 0.138 e. The van der Waals surface area contributed by atoms with Gasteiger partial charge in [0, 0.05) is 11.7 Å². The fraction of sp³-hybridized carbons (Fsp3) is 0.647. The van der Waals surface area contributed by atoms with Crippen molar-refractivity contribution in [2.75, 3.05) is 5.32 Å². The number of rotatable bonds is 4. The van der Waals surface area contributed by atoms with Crippen LogP contribution in [0.5, 0.6) is 5.75 Å². The third kappa shape index (κ3) is 4.59. The van der Waals surface area contributed by atoms with E-state index in [0.29, 0.717) is 11.1 Å². The van der Waals surface area contributed by atoms with Gasteiger partial charge in [0.2, 0.25) is 0 Å². The van der Waals surface area contributed by atoms with Gasteiger partial charge in [0.25, 0.3) is 0 Å². The van der Waals surface area contributed by atoms with Crippen LogP contribution in [0.15, 0.2) is 18.2 Å². The minimum Gasteiger partial charge on any atom is -0.489 e. The van der Waals surface area contributed by atoms with Crippen molar-refractivity contribution in [3.8, 4) is 5.75 Å². The Kier molecular flexibility index (Phi) is 5.59. The second kappa shape index (κ2) is 7.21. The predicted molar refractivity (Wildman–Crippen MR) is 86.9 cm³/mol. The molecule has 0 saturated heterocycles. The summed E-state index contributed by atoms with van der Waals surface area (Å²) in [7, 11) is 0. The van der Waals surface area contributed by atoms with Gasteiger partial charge in [-0.3, -0.25) is 0 Å². The molecule has 1 fully saturated rings. The largest absolute Gasteiger partial charge is 0.489 e. The molecule has 0 aromatic heterocycles. The average Bonchev–Trinajstić information content (AvgIpc) is 2.58. The summed E-state index contributed by atoms with van der Waals surface area (Å²) < 4.78 is 5.66. The van der Waals surface area contributed by atoms with Gasteiger partial charge < -0.3 is 10.1 Å². The summed E-state index contributed by atoms with van der Waals surface area (Å²) in [6, 6.07) is 6.59. The normalized spacial score (nSPS) is 23.4. The molecule has 0 heterocycles. The Labute approximate surface area is 127 Å². The molecule has 0 amide bonds. The van der Waals surface area contributed by atoms with Crippen LogP contribution in [0.1, 0.15) is 52.9 Å². The van der Waals surface area contributed by atoms with Gasteiger partial charge in [-0.05, 0) is 57.2 Å². The predicted octanol–water partition coefficient (Wildman–Crippen LogP) is 5.51. The summed E-state index contributed by atoms with van der Waals surface area (Å²) in [5.41, 5.74) is 1.10. The first-order valence-electron chi connectivity index (χ1n) is 7.77. The molecule has 2 atom stereocenters. The highest BCUT2D eigenvalue weighted by atomic mass is 35.5. The number of halogens is 1. The Balaban J connectivity index is 1.97. The first kappa shape index (κ1) is 15.5. The first-order chi connectivity index (χ1) is 9.54. The molecular weight excluding hydrogens is 270 g/mol. The van der Waals surface area contributed by atoms with Gasteiger partial charge in [0.05, 0.1) is 11.1 Å². The molecule has 0 spiro atoms. The highest BCUT2D eigenvalue weighted by molar-refractivity contribution is 6.32. The van der Waals surface area contributed by atoms with E-state index < -0.39 is 0 Å². The molecule has 0 bridgehead atoms. The van der Waals surface area contributed by atoms with Crippen LogP contribution in [-0.4, -0.2) is 12.1 Å². The quantitative estimate of drug-likeness (QED) is 0.740. The van der Waals surface area contributed by atoms with Crippen LogP contribution in [0.2, 0.25) is 5.02 Å². The van der Waals surface area contributed by atoms with E-state index in [1.54, 1.807) is 0 Å². The van der Waals surface area contributed by atoms with Gasteiger partial charge >= 0.3 is 0 Å². The molecule has 0 radical (unpaired) electrons. The van der Waals surface area contributed by atoms with E-state index in [4.69, 9.17) is 16.3 Å². The van der Waals surface area contributed by atoms with Crippen LogP contribution >= 0.6 is 11.6 Å². The second-order valence-electron chi connectivity index (χ2n) is 6.27. The Bertz CT molecular complexity index is 433. The molecule has 20 heavy (non-hydrogen) atoms. The van der Waals surface area contributed by atoms with E-state index in [9.17, 15) is 0 Å². The van der Waals surface area contributed by atoms with Crippen LogP contribution in [0.3, 0.4) is 0 Å². The fourth-order valence-electron chi connectivity index (χ4n) is 2.81. The minimum atomic E-state index is 0.148. The average molecular weight is 296 g/mol. The molecule has 2 nitrogen and oxygen atoms in total. The fourth-order valence-corrected chi connectivity index (χ4v) is 3.03. The zero-order valence-corrected chi connectivity index (χ0v) is 13.5. The molecule has 1 aromatic rings. The molecule has 1 aliphatic carbocycles. The molecule has 1 aromatic carbocycles. The summed E-state index contributed by atoms with van der Waals surface area (Å²) in [6.45, 7) is 6.38. The Hall–Kier alpha value is -0.890. The number of benzene rings is 1. The molecule has 1 aliphatic rings. The van der Waals surface area contributed by atoms with Crippen molar-refractivity contribution in [1.82, 2.24) is 0 Å². The lowest BCUT2D eigenvalue weighted by Gasteiger charge is -2.19. The van der Waals surface area contributed by atoms with Crippen LogP contribution < -0.4 is 10.1 Å². The lowest BCUT2D eigenvalue weighted by atomic mass is 10.0. The molecule has 1 saturated carbocycles. The maximum atomic E-state index is 6.28. The standard InChI is InChI=1S/C17H26ClNO/c1-12(2)20-17-10-9-15(11-16(17)18)19-14-6-4-5-13(3)7-8-14/h9-14,19H,4-8H2,1-3H3. The van der Waals surface area contributed by atoms with Gasteiger partial charge in [-0.1, -0.05) is 31.4 Å². The van der Waals surface area contributed by atoms with Crippen molar-refractivity contribution in [2.45, 2.75) is 65.0 Å². The van der Waals surface area contributed by atoms with Crippen molar-refractivity contribution >= 4 is 17.3 Å². The number of nitrogens with one attached hydrogen (secondary N) is 1. The molecule has 1 N–H and O–H groups in total. The minimum absolute atomic E-state index is 0.148. The Morgan fingerprint density at radius 1 is 1.20 bits per heavy atom. The summed E-state index contributed by atoms with van der Waals surface area (Å²) in [5.74, 6) is 1.63. The highest BCUT2D eigenvalue weighted by Crippen LogP contribution is 2.30. The van der Waals surface area contributed by atoms with Gasteiger partial charge in [-0.2, -0.15) is 0 Å². The van der Waals surface area contributed by atoms with Crippen molar-refractivity contribution in [3.05, 3.63) is 23.2 Å².